The summed E-state index contributed by atoms with van der Waals surface area (Å²) in [5.74, 6) is 0. The van der Waals surface area contributed by atoms with Crippen molar-refractivity contribution < 1.29 is 10.2 Å². The van der Waals surface area contributed by atoms with Crippen molar-refractivity contribution in [2.45, 2.75) is 12.5 Å². The van der Waals surface area contributed by atoms with Crippen LogP contribution in [0.2, 0.25) is 0 Å². The van der Waals surface area contributed by atoms with Gasteiger partial charge in [0, 0.05) is 12.2 Å². The van der Waals surface area contributed by atoms with Crippen LogP contribution in [-0.2, 0) is 6.42 Å². The van der Waals surface area contributed by atoms with Crippen molar-refractivity contribution in [1.29, 1.82) is 5.26 Å². The molecule has 0 spiro atoms. The van der Waals surface area contributed by atoms with Gasteiger partial charge in [0.1, 0.15) is 0 Å². The van der Waals surface area contributed by atoms with Gasteiger partial charge in [0.25, 0.3) is 0 Å². The molecule has 1 rings (SSSR count). The Hall–Kier alpha value is -1.57. The molecule has 0 saturated carbocycles. The summed E-state index contributed by atoms with van der Waals surface area (Å²) in [7, 11) is 0. The molecular weight excluding hydrogens is 192 g/mol. The van der Waals surface area contributed by atoms with E-state index in [0.717, 1.165) is 11.3 Å². The zero-order valence-corrected chi connectivity index (χ0v) is 8.35. The van der Waals surface area contributed by atoms with Crippen LogP contribution >= 0.6 is 0 Å². The van der Waals surface area contributed by atoms with E-state index in [9.17, 15) is 0 Å². The molecule has 0 radical (unpaired) electrons. The summed E-state index contributed by atoms with van der Waals surface area (Å²) >= 11 is 0. The molecule has 0 aromatic heterocycles. The SMILES string of the molecule is N#CCc1ccc(NCC(O)CO)cc1. The lowest BCUT2D eigenvalue weighted by molar-refractivity contribution is 0.105. The predicted molar refractivity (Wildman–Crippen MR) is 57.3 cm³/mol. The fourth-order valence-corrected chi connectivity index (χ4v) is 1.13. The topological polar surface area (TPSA) is 76.3 Å². The molecule has 4 heteroatoms. The third-order valence-corrected chi connectivity index (χ3v) is 1.99. The van der Waals surface area contributed by atoms with E-state index in [2.05, 4.69) is 11.4 Å². The molecule has 0 heterocycles. The van der Waals surface area contributed by atoms with Crippen LogP contribution in [0.5, 0.6) is 0 Å². The number of aliphatic hydroxyl groups excluding tert-OH is 2. The molecule has 1 aromatic carbocycles. The summed E-state index contributed by atoms with van der Waals surface area (Å²) in [5, 5.41) is 29.1. The van der Waals surface area contributed by atoms with Crippen LogP contribution in [-0.4, -0.2) is 29.5 Å². The van der Waals surface area contributed by atoms with Crippen molar-refractivity contribution >= 4 is 5.69 Å². The molecule has 3 N–H and O–H groups in total. The first-order chi connectivity index (χ1) is 7.26. The highest BCUT2D eigenvalue weighted by molar-refractivity contribution is 5.45. The first kappa shape index (κ1) is 11.5. The smallest absolute Gasteiger partial charge is 0.0942 e. The van der Waals surface area contributed by atoms with E-state index in [1.54, 1.807) is 0 Å². The predicted octanol–water partition coefficient (Wildman–Crippen LogP) is 0.518. The van der Waals surface area contributed by atoms with Crippen molar-refractivity contribution in [1.82, 2.24) is 0 Å². The van der Waals surface area contributed by atoms with Crippen LogP contribution in [0.4, 0.5) is 5.69 Å². The molecule has 0 saturated heterocycles. The third-order valence-electron chi connectivity index (χ3n) is 1.99. The van der Waals surface area contributed by atoms with Crippen LogP contribution < -0.4 is 5.32 Å². The van der Waals surface area contributed by atoms with Gasteiger partial charge in [-0.15, -0.1) is 0 Å². The summed E-state index contributed by atoms with van der Waals surface area (Å²) in [6.45, 7) is 0.0631. The van der Waals surface area contributed by atoms with Gasteiger partial charge in [0.15, 0.2) is 0 Å². The van der Waals surface area contributed by atoms with Crippen LogP contribution in [0.25, 0.3) is 0 Å². The van der Waals surface area contributed by atoms with Crippen LogP contribution in [0.3, 0.4) is 0 Å². The van der Waals surface area contributed by atoms with E-state index in [1.165, 1.54) is 0 Å². The molecule has 15 heavy (non-hydrogen) atoms. The molecule has 0 fully saturated rings. The minimum Gasteiger partial charge on any atom is -0.394 e. The number of aliphatic hydroxyl groups is 2. The number of nitrogens with one attached hydrogen (secondary N) is 1. The van der Waals surface area contributed by atoms with Crippen molar-refractivity contribution in [3.8, 4) is 6.07 Å². The van der Waals surface area contributed by atoms with Crippen molar-refractivity contribution in [3.63, 3.8) is 0 Å². The Balaban J connectivity index is 2.46. The maximum atomic E-state index is 9.10. The standard InChI is InChI=1S/C11H14N2O2/c12-6-5-9-1-3-10(4-2-9)13-7-11(15)8-14/h1-4,11,13-15H,5,7-8H2. The molecular formula is C11H14N2O2. The molecule has 0 aliphatic rings. The van der Waals surface area contributed by atoms with Gasteiger partial charge in [-0.2, -0.15) is 5.26 Å². The Morgan fingerprint density at radius 3 is 2.53 bits per heavy atom. The Kier molecular flexibility index (Phi) is 4.61. The zero-order chi connectivity index (χ0) is 11.1. The van der Waals surface area contributed by atoms with Gasteiger partial charge in [0.2, 0.25) is 0 Å². The number of hydrogen-bond donors (Lipinski definition) is 3. The Labute approximate surface area is 88.8 Å². The molecule has 1 atom stereocenters. The molecule has 1 aromatic rings. The Bertz CT molecular complexity index is 329. The minimum absolute atomic E-state index is 0.250. The lowest BCUT2D eigenvalue weighted by Crippen LogP contribution is -2.22. The fraction of sp³-hybridized carbons (Fsp3) is 0.364. The second-order valence-corrected chi connectivity index (χ2v) is 3.25. The minimum atomic E-state index is -0.746. The maximum absolute atomic E-state index is 9.10. The summed E-state index contributed by atoms with van der Waals surface area (Å²) in [4.78, 5) is 0. The highest BCUT2D eigenvalue weighted by Gasteiger charge is 2.00. The van der Waals surface area contributed by atoms with Gasteiger partial charge in [0.05, 0.1) is 25.2 Å². The molecule has 0 bridgehead atoms. The fourth-order valence-electron chi connectivity index (χ4n) is 1.13. The van der Waals surface area contributed by atoms with E-state index in [-0.39, 0.29) is 6.61 Å². The van der Waals surface area contributed by atoms with Crippen LogP contribution in [0.15, 0.2) is 24.3 Å². The number of anilines is 1. The average molecular weight is 206 g/mol. The highest BCUT2D eigenvalue weighted by atomic mass is 16.3. The van der Waals surface area contributed by atoms with Crippen molar-refractivity contribution in [2.75, 3.05) is 18.5 Å². The zero-order valence-electron chi connectivity index (χ0n) is 8.35. The van der Waals surface area contributed by atoms with Crippen molar-refractivity contribution in [2.24, 2.45) is 0 Å². The molecule has 0 aliphatic heterocycles. The quantitative estimate of drug-likeness (QED) is 0.656. The number of nitrogens with zero attached hydrogens (tertiary/aromatic N) is 1. The molecule has 4 nitrogen and oxygen atoms in total. The number of benzene rings is 1. The Morgan fingerprint density at radius 2 is 2.00 bits per heavy atom. The molecule has 0 aliphatic carbocycles. The first-order valence-corrected chi connectivity index (χ1v) is 4.75. The second kappa shape index (κ2) is 6.02. The van der Waals surface area contributed by atoms with Gasteiger partial charge < -0.3 is 15.5 Å². The van der Waals surface area contributed by atoms with Gasteiger partial charge in [-0.05, 0) is 17.7 Å². The Morgan fingerprint density at radius 1 is 1.33 bits per heavy atom. The van der Waals surface area contributed by atoms with E-state index in [1.807, 2.05) is 24.3 Å². The lowest BCUT2D eigenvalue weighted by atomic mass is 10.1. The van der Waals surface area contributed by atoms with Crippen LogP contribution in [0.1, 0.15) is 5.56 Å². The van der Waals surface area contributed by atoms with Gasteiger partial charge in [-0.3, -0.25) is 0 Å². The van der Waals surface area contributed by atoms with E-state index in [4.69, 9.17) is 15.5 Å². The van der Waals surface area contributed by atoms with Crippen molar-refractivity contribution in [3.05, 3.63) is 29.8 Å². The third kappa shape index (κ3) is 3.98. The van der Waals surface area contributed by atoms with E-state index in [0.29, 0.717) is 13.0 Å². The number of rotatable bonds is 5. The summed E-state index contributed by atoms with van der Waals surface area (Å²) in [6.07, 6.45) is -0.344. The van der Waals surface area contributed by atoms with Gasteiger partial charge in [-0.1, -0.05) is 12.1 Å². The van der Waals surface area contributed by atoms with Crippen LogP contribution in [0, 0.1) is 11.3 Å². The highest BCUT2D eigenvalue weighted by Crippen LogP contribution is 2.09. The lowest BCUT2D eigenvalue weighted by Gasteiger charge is -2.10. The number of nitriles is 1. The molecule has 0 amide bonds. The van der Waals surface area contributed by atoms with E-state index >= 15 is 0 Å². The normalized spacial score (nSPS) is 11.8. The second-order valence-electron chi connectivity index (χ2n) is 3.25. The van der Waals surface area contributed by atoms with Gasteiger partial charge in [-0.25, -0.2) is 0 Å². The summed E-state index contributed by atoms with van der Waals surface area (Å²) in [5.41, 5.74) is 1.83. The average Bonchev–Trinajstić information content (AvgIpc) is 2.28. The maximum Gasteiger partial charge on any atom is 0.0942 e. The van der Waals surface area contributed by atoms with Gasteiger partial charge >= 0.3 is 0 Å². The number of hydrogen-bond acceptors (Lipinski definition) is 4. The molecule has 80 valence electrons. The van der Waals surface area contributed by atoms with E-state index < -0.39 is 6.10 Å². The summed E-state index contributed by atoms with van der Waals surface area (Å²) < 4.78 is 0. The monoisotopic (exact) mass is 206 g/mol. The first-order valence-electron chi connectivity index (χ1n) is 4.75. The summed E-state index contributed by atoms with van der Waals surface area (Å²) in [6, 6.07) is 9.47. The largest absolute Gasteiger partial charge is 0.394 e. The molecule has 1 unspecified atom stereocenters.